The number of amides is 1. The molecule has 0 radical (unpaired) electrons. The highest BCUT2D eigenvalue weighted by atomic mass is 16.5. The Bertz CT molecular complexity index is 601. The van der Waals surface area contributed by atoms with E-state index in [4.69, 9.17) is 4.74 Å². The predicted octanol–water partition coefficient (Wildman–Crippen LogP) is 2.44. The lowest BCUT2D eigenvalue weighted by Gasteiger charge is -2.27. The van der Waals surface area contributed by atoms with Crippen LogP contribution in [0.4, 0.5) is 5.69 Å². The van der Waals surface area contributed by atoms with Crippen LogP contribution in [0.2, 0.25) is 0 Å². The molecule has 2 rings (SSSR count). The summed E-state index contributed by atoms with van der Waals surface area (Å²) in [6.45, 7) is 4.83. The van der Waals surface area contributed by atoms with E-state index < -0.39 is 12.0 Å². The van der Waals surface area contributed by atoms with E-state index in [2.05, 4.69) is 12.0 Å². The number of benzene rings is 1. The number of unbranched alkanes of at least 4 members (excludes halogenated alkanes) is 1. The first-order valence-corrected chi connectivity index (χ1v) is 8.42. The van der Waals surface area contributed by atoms with Gasteiger partial charge in [0.15, 0.2) is 0 Å². The van der Waals surface area contributed by atoms with Crippen molar-refractivity contribution in [3.8, 4) is 0 Å². The van der Waals surface area contributed by atoms with Crippen LogP contribution >= 0.6 is 0 Å². The molecule has 1 amide bonds. The van der Waals surface area contributed by atoms with Crippen LogP contribution in [0.5, 0.6) is 0 Å². The van der Waals surface area contributed by atoms with E-state index in [1.165, 1.54) is 0 Å². The number of carbonyl (C=O) groups is 2. The average Bonchev–Trinajstić information content (AvgIpc) is 3.05. The molecule has 1 aliphatic rings. The van der Waals surface area contributed by atoms with Crippen molar-refractivity contribution in [3.63, 3.8) is 0 Å². The van der Waals surface area contributed by atoms with E-state index in [1.807, 2.05) is 30.3 Å². The summed E-state index contributed by atoms with van der Waals surface area (Å²) in [6.07, 6.45) is 2.24. The van der Waals surface area contributed by atoms with E-state index in [9.17, 15) is 9.59 Å². The second kappa shape index (κ2) is 8.47. The summed E-state index contributed by atoms with van der Waals surface area (Å²) in [5.41, 5.74) is 1.09. The molecular weight excluding hydrogens is 306 g/mol. The third kappa shape index (κ3) is 4.13. The number of rotatable bonds is 7. The molecule has 0 saturated carbocycles. The van der Waals surface area contributed by atoms with Crippen LogP contribution in [0.3, 0.4) is 0 Å². The van der Waals surface area contributed by atoms with E-state index in [0.29, 0.717) is 12.3 Å². The first-order valence-electron chi connectivity index (χ1n) is 8.42. The molecule has 1 aliphatic heterocycles. The van der Waals surface area contributed by atoms with Crippen LogP contribution in [-0.4, -0.2) is 48.7 Å². The molecule has 0 aromatic heterocycles. The third-order valence-electron chi connectivity index (χ3n) is 3.95. The number of para-hydroxylation sites is 1. The lowest BCUT2D eigenvalue weighted by atomic mass is 10.1. The maximum Gasteiger partial charge on any atom is 0.354 e. The summed E-state index contributed by atoms with van der Waals surface area (Å²) < 4.78 is 5.04. The Balaban J connectivity index is 2.22. The molecule has 0 spiro atoms. The summed E-state index contributed by atoms with van der Waals surface area (Å²) in [5.74, 6) is -0.486. The topological polar surface area (TPSA) is 62.2 Å². The zero-order valence-electron chi connectivity index (χ0n) is 14.6. The number of likely N-dealkylation sites (N-methyl/N-ethyl adjacent to an activating group) is 1. The van der Waals surface area contributed by atoms with Crippen molar-refractivity contribution in [3.05, 3.63) is 30.3 Å². The zero-order valence-corrected chi connectivity index (χ0v) is 14.6. The second-order valence-corrected chi connectivity index (χ2v) is 5.78. The molecule has 1 aromatic carbocycles. The maximum atomic E-state index is 12.8. The Morgan fingerprint density at radius 1 is 1.29 bits per heavy atom. The lowest BCUT2D eigenvalue weighted by molar-refractivity contribution is -0.135. The van der Waals surface area contributed by atoms with Gasteiger partial charge in [-0.2, -0.15) is 5.10 Å². The Morgan fingerprint density at radius 3 is 2.62 bits per heavy atom. The predicted molar refractivity (Wildman–Crippen MR) is 93.9 cm³/mol. The van der Waals surface area contributed by atoms with Gasteiger partial charge in [-0.25, -0.2) is 4.79 Å². The number of esters is 1. The SMILES string of the molecule is CCCCN(C)C(=O)C1CC(C(=O)OCC)=NN1c1ccccc1. The Kier molecular flexibility index (Phi) is 6.35. The van der Waals surface area contributed by atoms with E-state index in [-0.39, 0.29) is 18.9 Å². The zero-order chi connectivity index (χ0) is 17.5. The second-order valence-electron chi connectivity index (χ2n) is 5.78. The number of anilines is 1. The summed E-state index contributed by atoms with van der Waals surface area (Å²) in [5, 5.41) is 6.01. The van der Waals surface area contributed by atoms with Crippen LogP contribution in [0.1, 0.15) is 33.1 Å². The summed E-state index contributed by atoms with van der Waals surface area (Å²) >= 11 is 0. The quantitative estimate of drug-likeness (QED) is 0.720. The van der Waals surface area contributed by atoms with Crippen LogP contribution in [-0.2, 0) is 14.3 Å². The highest BCUT2D eigenvalue weighted by Gasteiger charge is 2.38. The molecular formula is C18H25N3O3. The standard InChI is InChI=1S/C18H25N3O3/c1-4-6-12-20(3)17(22)16-13-15(18(23)24-5-2)19-21(16)14-10-8-7-9-11-14/h7-11,16H,4-6,12-13H2,1-3H3. The van der Waals surface area contributed by atoms with Crippen molar-refractivity contribution >= 4 is 23.3 Å². The van der Waals surface area contributed by atoms with Crippen molar-refractivity contribution in [2.75, 3.05) is 25.2 Å². The fourth-order valence-electron chi connectivity index (χ4n) is 2.62. The first kappa shape index (κ1) is 18.0. The molecule has 0 saturated heterocycles. The number of hydrogen-bond acceptors (Lipinski definition) is 5. The first-order chi connectivity index (χ1) is 11.6. The molecule has 0 aliphatic carbocycles. The number of hydrogen-bond donors (Lipinski definition) is 0. The highest BCUT2D eigenvalue weighted by molar-refractivity contribution is 6.38. The molecule has 1 atom stereocenters. The van der Waals surface area contributed by atoms with E-state index in [0.717, 1.165) is 18.5 Å². The van der Waals surface area contributed by atoms with Crippen LogP contribution in [0.15, 0.2) is 35.4 Å². The molecule has 1 unspecified atom stereocenters. The molecule has 0 bridgehead atoms. The Labute approximate surface area is 143 Å². The van der Waals surface area contributed by atoms with Crippen molar-refractivity contribution in [2.45, 2.75) is 39.2 Å². The van der Waals surface area contributed by atoms with Crippen molar-refractivity contribution in [1.29, 1.82) is 0 Å². The minimum absolute atomic E-state index is 0.0321. The monoisotopic (exact) mass is 331 g/mol. The summed E-state index contributed by atoms with van der Waals surface area (Å²) in [6, 6.07) is 8.92. The van der Waals surface area contributed by atoms with Gasteiger partial charge in [0.05, 0.1) is 12.3 Å². The van der Waals surface area contributed by atoms with Crippen molar-refractivity contribution in [2.24, 2.45) is 5.10 Å². The van der Waals surface area contributed by atoms with Crippen molar-refractivity contribution in [1.82, 2.24) is 4.90 Å². The fourth-order valence-corrected chi connectivity index (χ4v) is 2.62. The molecule has 6 nitrogen and oxygen atoms in total. The van der Waals surface area contributed by atoms with Gasteiger partial charge >= 0.3 is 5.97 Å². The van der Waals surface area contributed by atoms with Crippen molar-refractivity contribution < 1.29 is 14.3 Å². The van der Waals surface area contributed by atoms with E-state index in [1.54, 1.807) is 23.9 Å². The molecule has 6 heteroatoms. The molecule has 0 N–H and O–H groups in total. The smallest absolute Gasteiger partial charge is 0.354 e. The number of hydrazone groups is 1. The van der Waals surface area contributed by atoms with E-state index >= 15 is 0 Å². The van der Waals surface area contributed by atoms with Crippen LogP contribution in [0.25, 0.3) is 0 Å². The summed E-state index contributed by atoms with van der Waals surface area (Å²) in [7, 11) is 1.80. The highest BCUT2D eigenvalue weighted by Crippen LogP contribution is 2.26. The average molecular weight is 331 g/mol. The number of carbonyl (C=O) groups excluding carboxylic acids is 2. The largest absolute Gasteiger partial charge is 0.461 e. The molecule has 130 valence electrons. The molecule has 24 heavy (non-hydrogen) atoms. The van der Waals surface area contributed by atoms with Gasteiger partial charge in [0, 0.05) is 20.0 Å². The van der Waals surface area contributed by atoms with Crippen LogP contribution in [0, 0.1) is 0 Å². The lowest BCUT2D eigenvalue weighted by Crippen LogP contribution is -2.44. The molecule has 1 heterocycles. The molecule has 0 fully saturated rings. The Hall–Kier alpha value is -2.37. The van der Waals surface area contributed by atoms with Gasteiger partial charge in [-0.3, -0.25) is 9.80 Å². The number of ether oxygens (including phenoxy) is 1. The maximum absolute atomic E-state index is 12.8. The van der Waals surface area contributed by atoms with Gasteiger partial charge in [0.2, 0.25) is 5.91 Å². The number of nitrogens with zero attached hydrogens (tertiary/aromatic N) is 3. The Morgan fingerprint density at radius 2 is 2.00 bits per heavy atom. The van der Waals surface area contributed by atoms with Gasteiger partial charge in [-0.15, -0.1) is 0 Å². The fraction of sp³-hybridized carbons (Fsp3) is 0.500. The van der Waals surface area contributed by atoms with Gasteiger partial charge in [0.1, 0.15) is 11.8 Å². The van der Waals surface area contributed by atoms with Gasteiger partial charge in [-0.1, -0.05) is 31.5 Å². The van der Waals surface area contributed by atoms with Gasteiger partial charge in [-0.05, 0) is 25.5 Å². The molecule has 1 aromatic rings. The minimum Gasteiger partial charge on any atom is -0.461 e. The minimum atomic E-state index is -0.506. The summed E-state index contributed by atoms with van der Waals surface area (Å²) in [4.78, 5) is 26.6. The van der Waals surface area contributed by atoms with Gasteiger partial charge in [0.25, 0.3) is 0 Å². The third-order valence-corrected chi connectivity index (χ3v) is 3.95. The normalized spacial score (nSPS) is 16.7. The van der Waals surface area contributed by atoms with Crippen LogP contribution < -0.4 is 5.01 Å². The van der Waals surface area contributed by atoms with Gasteiger partial charge < -0.3 is 9.64 Å².